The zero-order valence-corrected chi connectivity index (χ0v) is 34.9. The monoisotopic (exact) mass is 794 g/mol. The van der Waals surface area contributed by atoms with Gasteiger partial charge in [-0.25, -0.2) is 4.79 Å². The first-order chi connectivity index (χ1) is 27.9. The molecule has 3 fully saturated rings. The van der Waals surface area contributed by atoms with Crippen LogP contribution in [0.2, 0.25) is 0 Å². The molecule has 0 radical (unpaired) electrons. The van der Waals surface area contributed by atoms with Crippen LogP contribution in [0.3, 0.4) is 0 Å². The molecule has 2 N–H and O–H groups in total. The number of methoxy groups -OCH3 is 3. The van der Waals surface area contributed by atoms with E-state index in [0.717, 1.165) is 77.9 Å². The number of piperidine rings is 1. The molecule has 6 heterocycles. The third-order valence-electron chi connectivity index (χ3n) is 15.3. The Morgan fingerprint density at radius 1 is 1.00 bits per heavy atom. The van der Waals surface area contributed by atoms with Crippen LogP contribution in [0.15, 0.2) is 48.0 Å². The number of aromatic amines is 1. The largest absolute Gasteiger partial charge is 0.496 e. The molecule has 58 heavy (non-hydrogen) atoms. The topological polar surface area (TPSA) is 134 Å². The van der Waals surface area contributed by atoms with Crippen molar-refractivity contribution in [1.82, 2.24) is 14.8 Å². The van der Waals surface area contributed by atoms with Gasteiger partial charge in [0.25, 0.3) is 0 Å². The van der Waals surface area contributed by atoms with E-state index in [1.54, 1.807) is 7.11 Å². The fraction of sp³-hybridized carbons (Fsp3) is 0.587. The molecule has 3 aromatic rings. The quantitative estimate of drug-likeness (QED) is 0.193. The summed E-state index contributed by atoms with van der Waals surface area (Å²) in [6, 6.07) is 11.4. The van der Waals surface area contributed by atoms with Gasteiger partial charge in [0.1, 0.15) is 11.2 Å². The molecule has 1 aromatic heterocycles. The third-order valence-corrected chi connectivity index (χ3v) is 15.3. The zero-order chi connectivity index (χ0) is 40.9. The molecular weight excluding hydrogens is 737 g/mol. The van der Waals surface area contributed by atoms with Crippen LogP contribution in [0.4, 0.5) is 5.69 Å². The van der Waals surface area contributed by atoms with Crippen molar-refractivity contribution in [2.45, 2.75) is 93.9 Å². The van der Waals surface area contributed by atoms with Crippen LogP contribution in [0.1, 0.15) is 75.3 Å². The molecule has 9 rings (SSSR count). The number of H-pyrrole nitrogens is 1. The lowest BCUT2D eigenvalue weighted by Crippen LogP contribution is -2.78. The maximum absolute atomic E-state index is 15.3. The molecule has 2 aromatic carbocycles. The molecule has 1 saturated carbocycles. The number of esters is 3. The summed E-state index contributed by atoms with van der Waals surface area (Å²) < 4.78 is 24.0. The van der Waals surface area contributed by atoms with E-state index in [1.807, 2.05) is 24.1 Å². The molecule has 0 amide bonds. The maximum Gasteiger partial charge on any atom is 0.344 e. The highest BCUT2D eigenvalue weighted by molar-refractivity contribution is 5.95. The molecule has 12 nitrogen and oxygen atoms in total. The Bertz CT molecular complexity index is 2200. The Kier molecular flexibility index (Phi) is 9.52. The average molecular weight is 795 g/mol. The summed E-state index contributed by atoms with van der Waals surface area (Å²) in [5.41, 5.74) is 2.02. The van der Waals surface area contributed by atoms with E-state index in [0.29, 0.717) is 49.6 Å². The van der Waals surface area contributed by atoms with Gasteiger partial charge in [-0.2, -0.15) is 0 Å². The molecular formula is C46H58N4O8. The molecule has 1 unspecified atom stereocenters. The normalized spacial score (nSPS) is 35.0. The number of likely N-dealkylation sites (N-methyl/N-ethyl adjacent to an activating group) is 1. The van der Waals surface area contributed by atoms with E-state index < -0.39 is 46.4 Å². The molecule has 6 aliphatic rings. The molecule has 1 spiro atoms. The first-order valence-corrected chi connectivity index (χ1v) is 21.2. The van der Waals surface area contributed by atoms with Gasteiger partial charge in [0.15, 0.2) is 6.10 Å². The van der Waals surface area contributed by atoms with Crippen molar-refractivity contribution in [2.24, 2.45) is 17.8 Å². The predicted molar refractivity (Wildman–Crippen MR) is 219 cm³/mol. The van der Waals surface area contributed by atoms with Crippen molar-refractivity contribution in [2.75, 3.05) is 66.0 Å². The molecule has 12 heteroatoms. The first kappa shape index (κ1) is 39.1. The number of nitrogens with one attached hydrogen (secondary N) is 1. The Labute approximate surface area is 340 Å². The van der Waals surface area contributed by atoms with E-state index >= 15 is 4.79 Å². The number of anilines is 1. The molecule has 5 aliphatic heterocycles. The van der Waals surface area contributed by atoms with E-state index in [9.17, 15) is 14.7 Å². The number of hydrogen-bond acceptors (Lipinski definition) is 11. The first-order valence-electron chi connectivity index (χ1n) is 21.2. The SMILES string of the molecule is CCC1=CCN2CC[C@]34c5cc([C@]6(C(=O)OC)C[C@H]7C[C@H](CC)CN(CCc8c6[nH]c6ccccc86)C7)c(OC)cc5N(C)[C@@H]3[C@](O)(C(=O)OC)[C@H](OC(C)=O)[C@H]1[C@H]24. The molecule has 10 atom stereocenters. The Morgan fingerprint density at radius 3 is 2.48 bits per heavy atom. The maximum atomic E-state index is 15.3. The minimum absolute atomic E-state index is 0.187. The van der Waals surface area contributed by atoms with Crippen LogP contribution < -0.4 is 9.64 Å². The molecule has 1 aliphatic carbocycles. The number of aromatic nitrogens is 1. The summed E-state index contributed by atoms with van der Waals surface area (Å²) in [6.07, 6.45) is 5.59. The van der Waals surface area contributed by atoms with Gasteiger partial charge < -0.3 is 38.8 Å². The number of nitrogens with zero attached hydrogens (tertiary/aromatic N) is 3. The molecule has 2 bridgehead atoms. The fourth-order valence-corrected chi connectivity index (χ4v) is 13.2. The van der Waals surface area contributed by atoms with Gasteiger partial charge in [-0.15, -0.1) is 0 Å². The lowest BCUT2D eigenvalue weighted by molar-refractivity contribution is -0.212. The van der Waals surface area contributed by atoms with Crippen LogP contribution in [-0.2, 0) is 45.8 Å². The number of carbonyl (C=O) groups is 3. The van der Waals surface area contributed by atoms with Crippen LogP contribution in [-0.4, -0.2) is 123 Å². The summed E-state index contributed by atoms with van der Waals surface area (Å²) in [7, 11) is 6.29. The Balaban J connectivity index is 1.35. The lowest BCUT2D eigenvalue weighted by atomic mass is 9.52. The van der Waals surface area contributed by atoms with Crippen molar-refractivity contribution >= 4 is 34.5 Å². The number of para-hydroxylation sites is 1. The molecule has 310 valence electrons. The number of benzene rings is 2. The minimum Gasteiger partial charge on any atom is -0.496 e. The van der Waals surface area contributed by atoms with Gasteiger partial charge >= 0.3 is 17.9 Å². The van der Waals surface area contributed by atoms with E-state index in [-0.39, 0.29) is 17.9 Å². The number of ether oxygens (including phenoxy) is 4. The summed E-state index contributed by atoms with van der Waals surface area (Å²) in [5.74, 6) is -1.04. The standard InChI is InChI=1S/C46H58N4O8/c1-8-27-20-28-23-45(42(52)56-6,38-31(15-17-49(24-27)25-28)30-12-10-11-13-34(30)47-38)33-21-32-35(22-36(33)55-5)48(4)41-44(32)16-19-50-18-14-29(9-2)37(39(44)50)40(58-26(3)51)46(41,54)43(53)57-7/h10-14,21-22,27-28,37,39-41,47,54H,8-9,15-20,23-25H2,1-7H3/t27-,28+,37+,39-,40+,41-,44+,45+,46-/m0/s1. The lowest BCUT2D eigenvalue weighted by Gasteiger charge is -2.59. The van der Waals surface area contributed by atoms with Gasteiger partial charge in [-0.1, -0.05) is 50.1 Å². The highest BCUT2D eigenvalue weighted by atomic mass is 16.6. The summed E-state index contributed by atoms with van der Waals surface area (Å²) in [6.45, 7) is 9.87. The van der Waals surface area contributed by atoms with Crippen LogP contribution >= 0.6 is 0 Å². The Hall–Kier alpha value is -4.39. The second-order valence-electron chi connectivity index (χ2n) is 17.8. The number of hydrogen-bond donors (Lipinski definition) is 2. The van der Waals surface area contributed by atoms with Gasteiger partial charge in [-0.3, -0.25) is 14.5 Å². The van der Waals surface area contributed by atoms with Crippen molar-refractivity contribution in [3.63, 3.8) is 0 Å². The number of carbonyl (C=O) groups excluding carboxylic acids is 3. The number of aliphatic hydroxyl groups is 1. The second kappa shape index (κ2) is 14.1. The highest BCUT2D eigenvalue weighted by Crippen LogP contribution is 2.65. The van der Waals surface area contributed by atoms with Crippen molar-refractivity contribution in [1.29, 1.82) is 0 Å². The number of rotatable bonds is 7. The van der Waals surface area contributed by atoms with E-state index in [4.69, 9.17) is 18.9 Å². The summed E-state index contributed by atoms with van der Waals surface area (Å²) in [4.78, 5) is 53.4. The third kappa shape index (κ3) is 5.19. The van der Waals surface area contributed by atoms with E-state index in [2.05, 4.69) is 59.0 Å². The fourth-order valence-electron chi connectivity index (χ4n) is 13.2. The van der Waals surface area contributed by atoms with Gasteiger partial charge in [0.2, 0.25) is 5.60 Å². The number of fused-ring (bicyclic) bond motifs is 6. The van der Waals surface area contributed by atoms with Gasteiger partial charge in [-0.05, 0) is 73.7 Å². The predicted octanol–water partition coefficient (Wildman–Crippen LogP) is 4.88. The van der Waals surface area contributed by atoms with Crippen LogP contribution in [0, 0.1) is 17.8 Å². The van der Waals surface area contributed by atoms with Crippen molar-refractivity contribution in [3.05, 3.63) is 70.4 Å². The second-order valence-corrected chi connectivity index (χ2v) is 17.8. The van der Waals surface area contributed by atoms with E-state index in [1.165, 1.54) is 21.1 Å². The van der Waals surface area contributed by atoms with Crippen molar-refractivity contribution < 1.29 is 38.4 Å². The minimum atomic E-state index is -2.24. The highest BCUT2D eigenvalue weighted by Gasteiger charge is 2.77. The Morgan fingerprint density at radius 2 is 1.78 bits per heavy atom. The van der Waals surface area contributed by atoms with Gasteiger partial charge in [0.05, 0.1) is 27.4 Å². The zero-order valence-electron chi connectivity index (χ0n) is 34.9. The van der Waals surface area contributed by atoms with Crippen LogP contribution in [0.5, 0.6) is 5.75 Å². The molecule has 2 saturated heterocycles. The smallest absolute Gasteiger partial charge is 0.344 e. The summed E-state index contributed by atoms with van der Waals surface area (Å²) in [5, 5.41) is 14.3. The van der Waals surface area contributed by atoms with Crippen molar-refractivity contribution in [3.8, 4) is 5.75 Å². The average Bonchev–Trinajstić information content (AvgIpc) is 3.89. The summed E-state index contributed by atoms with van der Waals surface area (Å²) >= 11 is 0. The van der Waals surface area contributed by atoms with Gasteiger partial charge in [0, 0.05) is 91.4 Å². The van der Waals surface area contributed by atoms with Crippen LogP contribution in [0.25, 0.3) is 10.9 Å².